The molecule has 2 heterocycles. The molecule has 0 aliphatic carbocycles. The molecule has 0 bridgehead atoms. The molecule has 4 unspecified atom stereocenters. The summed E-state index contributed by atoms with van der Waals surface area (Å²) >= 11 is 1.17. The van der Waals surface area contributed by atoms with Gasteiger partial charge in [0.1, 0.15) is 10.7 Å². The van der Waals surface area contributed by atoms with Gasteiger partial charge in [0.15, 0.2) is 6.10 Å². The fourth-order valence-electron chi connectivity index (χ4n) is 6.72. The van der Waals surface area contributed by atoms with Gasteiger partial charge in [0.25, 0.3) is 17.7 Å². The van der Waals surface area contributed by atoms with Gasteiger partial charge in [-0.05, 0) is 62.1 Å². The summed E-state index contributed by atoms with van der Waals surface area (Å²) in [7, 11) is 0. The van der Waals surface area contributed by atoms with Crippen molar-refractivity contribution in [1.82, 2.24) is 25.4 Å². The molecule has 3 rings (SSSR count). The second kappa shape index (κ2) is 24.6. The minimum atomic E-state index is -1.02. The Morgan fingerprint density at radius 3 is 2.22 bits per heavy atom. The number of carbonyl (C=O) groups is 8. The van der Waals surface area contributed by atoms with Crippen LogP contribution in [0.4, 0.5) is 5.69 Å². The molecular formula is C43H60N6O10S. The average Bonchev–Trinajstić information content (AvgIpc) is 3.82. The highest BCUT2D eigenvalue weighted by molar-refractivity contribution is 7.09. The van der Waals surface area contributed by atoms with Crippen LogP contribution in [-0.4, -0.2) is 99.0 Å². The summed E-state index contributed by atoms with van der Waals surface area (Å²) in [6.07, 6.45) is 5.41. The summed E-state index contributed by atoms with van der Waals surface area (Å²) in [6.45, 7) is 11.9. The smallest absolute Gasteiger partial charge is 0.303 e. The Balaban J connectivity index is 1.57. The van der Waals surface area contributed by atoms with Crippen molar-refractivity contribution in [3.05, 3.63) is 58.1 Å². The molecule has 4 N–H and O–H groups in total. The number of anilines is 1. The lowest BCUT2D eigenvalue weighted by Gasteiger charge is -2.36. The Kier molecular flexibility index (Phi) is 20.0. The molecule has 1 aromatic heterocycles. The highest BCUT2D eigenvalue weighted by atomic mass is 32.1. The van der Waals surface area contributed by atoms with Crippen LogP contribution in [0.15, 0.2) is 41.8 Å². The first kappa shape index (κ1) is 48.9. The van der Waals surface area contributed by atoms with E-state index in [0.717, 1.165) is 16.9 Å². The molecule has 6 amide bonds. The first-order chi connectivity index (χ1) is 28.5. The molecule has 1 aliphatic heterocycles. The van der Waals surface area contributed by atoms with Gasteiger partial charge in [0.2, 0.25) is 17.7 Å². The van der Waals surface area contributed by atoms with E-state index < -0.39 is 35.9 Å². The number of benzene rings is 1. The predicted octanol–water partition coefficient (Wildman–Crippen LogP) is 5.19. The van der Waals surface area contributed by atoms with Gasteiger partial charge < -0.3 is 30.7 Å². The van der Waals surface area contributed by atoms with Crippen LogP contribution in [0.3, 0.4) is 0 Å². The van der Waals surface area contributed by atoms with E-state index in [1.807, 2.05) is 39.5 Å². The zero-order valence-electron chi connectivity index (χ0n) is 35.5. The summed E-state index contributed by atoms with van der Waals surface area (Å²) in [5.74, 6) is -3.16. The molecule has 1 aliphatic rings. The molecule has 4 atom stereocenters. The number of carbonyl (C=O) groups excluding carboxylic acids is 7. The number of nitrogens with zero attached hydrogens (tertiary/aromatic N) is 3. The number of aromatic nitrogens is 1. The Morgan fingerprint density at radius 2 is 1.62 bits per heavy atom. The summed E-state index contributed by atoms with van der Waals surface area (Å²) in [4.78, 5) is 106. The Morgan fingerprint density at radius 1 is 0.933 bits per heavy atom. The molecule has 1 aromatic carbocycles. The minimum Gasteiger partial charge on any atom is -0.481 e. The summed E-state index contributed by atoms with van der Waals surface area (Å²) in [5.41, 5.74) is 1.33. The van der Waals surface area contributed by atoms with Crippen LogP contribution in [0.2, 0.25) is 0 Å². The van der Waals surface area contributed by atoms with Gasteiger partial charge in [-0.2, -0.15) is 0 Å². The van der Waals surface area contributed by atoms with Gasteiger partial charge in [-0.1, -0.05) is 52.7 Å². The number of nitrogens with one attached hydrogen (secondary N) is 3. The molecule has 17 heteroatoms. The van der Waals surface area contributed by atoms with Gasteiger partial charge in [0, 0.05) is 81.0 Å². The van der Waals surface area contributed by atoms with Crippen LogP contribution in [0, 0.1) is 11.8 Å². The van der Waals surface area contributed by atoms with Gasteiger partial charge in [0.05, 0.1) is 6.54 Å². The number of hydrogen-bond donors (Lipinski definition) is 4. The number of amides is 6. The van der Waals surface area contributed by atoms with Crippen LogP contribution in [0.25, 0.3) is 0 Å². The topological polar surface area (TPSA) is 221 Å². The number of thiazole rings is 1. The molecule has 0 saturated heterocycles. The van der Waals surface area contributed by atoms with Crippen LogP contribution < -0.4 is 16.0 Å². The fourth-order valence-corrected chi connectivity index (χ4v) is 7.56. The Bertz CT molecular complexity index is 1830. The third-order valence-corrected chi connectivity index (χ3v) is 11.2. The number of carboxylic acid groups (broad SMARTS) is 1. The first-order valence-corrected chi connectivity index (χ1v) is 21.5. The maximum atomic E-state index is 13.5. The van der Waals surface area contributed by atoms with E-state index in [9.17, 15) is 43.5 Å². The number of hydrogen-bond acceptors (Lipinski definition) is 11. The minimum absolute atomic E-state index is 0.0346. The van der Waals surface area contributed by atoms with E-state index in [0.29, 0.717) is 55.9 Å². The number of rotatable bonds is 26. The largest absolute Gasteiger partial charge is 0.481 e. The first-order valence-electron chi connectivity index (χ1n) is 20.6. The maximum Gasteiger partial charge on any atom is 0.303 e. The number of imide groups is 1. The number of unbranched alkanes of at least 4 members (excludes halogenated alkanes) is 2. The SMILES string of the molecule is CCC(C)CC(=O)N(CC)C(CC(OC(C)=O)c1nc(C(=O)NC(CCC(=O)O)Cc2ccc(NC(=O)CNC(=O)CCCCCN3C(=O)C=CC3=O)cc2)cs1)C(C)C. The normalized spacial score (nSPS) is 14.3. The van der Waals surface area contributed by atoms with Gasteiger partial charge in [-0.15, -0.1) is 11.3 Å². The number of aliphatic carboxylic acids is 1. The fraction of sp³-hybridized carbons (Fsp3) is 0.558. The third-order valence-electron chi connectivity index (χ3n) is 10.2. The molecule has 0 spiro atoms. The number of esters is 1. The van der Waals surface area contributed by atoms with Crippen molar-refractivity contribution in [3.63, 3.8) is 0 Å². The summed E-state index contributed by atoms with van der Waals surface area (Å²) in [6, 6.07) is 5.99. The van der Waals surface area contributed by atoms with Crippen molar-refractivity contribution in [2.45, 2.75) is 124 Å². The lowest BCUT2D eigenvalue weighted by Crippen LogP contribution is -2.44. The van der Waals surface area contributed by atoms with Gasteiger partial charge >= 0.3 is 11.9 Å². The lowest BCUT2D eigenvalue weighted by molar-refractivity contribution is -0.149. The number of carboxylic acids is 1. The average molecular weight is 853 g/mol. The summed E-state index contributed by atoms with van der Waals surface area (Å²) in [5, 5.41) is 19.6. The molecular weight excluding hydrogens is 793 g/mol. The van der Waals surface area contributed by atoms with Crippen LogP contribution >= 0.6 is 11.3 Å². The molecule has 16 nitrogen and oxygen atoms in total. The highest BCUT2D eigenvalue weighted by Crippen LogP contribution is 2.31. The van der Waals surface area contributed by atoms with Crippen molar-refractivity contribution in [2.75, 3.05) is 25.0 Å². The standard InChI is InChI=1S/C43H60N6O10S/c1-7-28(5)22-40(55)48(8-2)34(27(3)4)24-35(59-29(6)50)43-47-33(26-60-43)42(58)46-32(17-20-41(56)57)23-30-13-15-31(16-14-30)45-37(52)25-44-36(51)12-10-9-11-21-49-38(53)18-19-39(49)54/h13-16,18-19,26-28,32,34-35H,7-12,17,20-25H2,1-6H3,(H,44,51)(H,45,52)(H,46,58)(H,56,57). The van der Waals surface area contributed by atoms with Crippen molar-refractivity contribution in [1.29, 1.82) is 0 Å². The van der Waals surface area contributed by atoms with Crippen molar-refractivity contribution >= 4 is 64.4 Å². The zero-order chi connectivity index (χ0) is 44.4. The van der Waals surface area contributed by atoms with E-state index >= 15 is 0 Å². The summed E-state index contributed by atoms with van der Waals surface area (Å²) < 4.78 is 5.72. The second-order valence-corrected chi connectivity index (χ2v) is 16.3. The molecule has 0 fully saturated rings. The van der Waals surface area contributed by atoms with Gasteiger partial charge in [-0.3, -0.25) is 43.3 Å². The van der Waals surface area contributed by atoms with Gasteiger partial charge in [-0.25, -0.2) is 4.98 Å². The predicted molar refractivity (Wildman–Crippen MR) is 226 cm³/mol. The van der Waals surface area contributed by atoms with Crippen LogP contribution in [0.1, 0.15) is 126 Å². The molecule has 60 heavy (non-hydrogen) atoms. The Labute approximate surface area is 355 Å². The molecule has 328 valence electrons. The van der Waals surface area contributed by atoms with E-state index in [2.05, 4.69) is 20.9 Å². The Hall–Kier alpha value is -5.45. The quantitative estimate of drug-likeness (QED) is 0.0548. The highest BCUT2D eigenvalue weighted by Gasteiger charge is 2.32. The van der Waals surface area contributed by atoms with E-state index in [1.165, 1.54) is 30.4 Å². The third kappa shape index (κ3) is 16.3. The monoisotopic (exact) mass is 852 g/mol. The molecule has 0 radical (unpaired) electrons. The van der Waals surface area contributed by atoms with Crippen molar-refractivity contribution in [2.24, 2.45) is 11.8 Å². The van der Waals surface area contributed by atoms with E-state index in [-0.39, 0.29) is 79.4 Å². The van der Waals surface area contributed by atoms with Crippen LogP contribution in [0.5, 0.6) is 0 Å². The zero-order valence-corrected chi connectivity index (χ0v) is 36.3. The lowest BCUT2D eigenvalue weighted by atomic mass is 9.94. The molecule has 2 aromatic rings. The maximum absolute atomic E-state index is 13.5. The molecule has 0 saturated carbocycles. The van der Waals surface area contributed by atoms with E-state index in [1.54, 1.807) is 29.6 Å². The number of ether oxygens (including phenoxy) is 1. The van der Waals surface area contributed by atoms with Crippen LogP contribution in [-0.2, 0) is 44.7 Å². The van der Waals surface area contributed by atoms with Crippen molar-refractivity contribution < 1.29 is 48.2 Å². The van der Waals surface area contributed by atoms with E-state index in [4.69, 9.17) is 4.74 Å². The van der Waals surface area contributed by atoms with Crippen molar-refractivity contribution in [3.8, 4) is 0 Å². The second-order valence-electron chi connectivity index (χ2n) is 15.4.